The Labute approximate surface area is 148 Å². The maximum atomic E-state index is 12.2. The number of likely N-dealkylation sites (tertiary alicyclic amines) is 1. The van der Waals surface area contributed by atoms with Gasteiger partial charge in [-0.25, -0.2) is 0 Å². The number of carbonyl (C=O) groups excluding carboxylic acids is 4. The topological polar surface area (TPSA) is 111 Å². The minimum absolute atomic E-state index is 0.0331. The Morgan fingerprint density at radius 3 is 2.52 bits per heavy atom. The molecule has 0 radical (unpaired) electrons. The molecule has 0 aromatic carbocycles. The molecule has 0 aliphatic carbocycles. The van der Waals surface area contributed by atoms with Crippen molar-refractivity contribution in [2.45, 2.75) is 32.7 Å². The van der Waals surface area contributed by atoms with Crippen molar-refractivity contribution >= 4 is 40.0 Å². The number of rotatable bonds is 3. The van der Waals surface area contributed by atoms with Crippen LogP contribution in [0.4, 0.5) is 5.00 Å². The van der Waals surface area contributed by atoms with Crippen LogP contribution in [0.1, 0.15) is 35.8 Å². The first-order chi connectivity index (χ1) is 11.9. The molecule has 9 heteroatoms. The smallest absolute Gasteiger partial charge is 0.245 e. The lowest BCUT2D eigenvalue weighted by Crippen LogP contribution is -2.36. The zero-order valence-corrected chi connectivity index (χ0v) is 14.4. The molecule has 0 spiro atoms. The summed E-state index contributed by atoms with van der Waals surface area (Å²) in [6.07, 6.45) is 0.820. The third kappa shape index (κ3) is 3.25. The molecule has 0 atom stereocenters. The SMILES string of the molecule is CC(=O)N1CCc2c(sc(NC(=O)CN3C(=O)CCC3=O)c2C#N)C1. The van der Waals surface area contributed by atoms with Gasteiger partial charge in [-0.05, 0) is 12.0 Å². The standard InChI is InChI=1S/C16H16N4O4S/c1-9(21)19-5-4-10-11(6-17)16(25-12(10)7-19)18-13(22)8-20-14(23)2-3-15(20)24/h2-5,7-8H2,1H3,(H,18,22). The molecule has 0 unspecified atom stereocenters. The van der Waals surface area contributed by atoms with E-state index < -0.39 is 5.91 Å². The van der Waals surface area contributed by atoms with Crippen molar-refractivity contribution < 1.29 is 19.2 Å². The molecule has 3 rings (SSSR count). The number of hydrogen-bond acceptors (Lipinski definition) is 6. The highest BCUT2D eigenvalue weighted by Crippen LogP contribution is 2.36. The van der Waals surface area contributed by atoms with Gasteiger partial charge in [-0.1, -0.05) is 0 Å². The quantitative estimate of drug-likeness (QED) is 0.794. The van der Waals surface area contributed by atoms with Gasteiger partial charge >= 0.3 is 0 Å². The van der Waals surface area contributed by atoms with Crippen LogP contribution in [-0.2, 0) is 32.1 Å². The number of fused-ring (bicyclic) bond motifs is 1. The highest BCUT2D eigenvalue weighted by molar-refractivity contribution is 7.16. The van der Waals surface area contributed by atoms with Crippen molar-refractivity contribution in [1.82, 2.24) is 9.80 Å². The molecule has 1 N–H and O–H groups in total. The molecule has 25 heavy (non-hydrogen) atoms. The molecular weight excluding hydrogens is 344 g/mol. The van der Waals surface area contributed by atoms with Crippen LogP contribution >= 0.6 is 11.3 Å². The number of imide groups is 1. The average Bonchev–Trinajstić information content (AvgIpc) is 3.07. The Hall–Kier alpha value is -2.73. The highest BCUT2D eigenvalue weighted by atomic mass is 32.1. The second-order valence-corrected chi connectivity index (χ2v) is 7.04. The molecule has 1 aromatic heterocycles. The van der Waals surface area contributed by atoms with Gasteiger partial charge in [-0.3, -0.25) is 24.1 Å². The maximum Gasteiger partial charge on any atom is 0.245 e. The molecule has 0 bridgehead atoms. The summed E-state index contributed by atoms with van der Waals surface area (Å²) in [6.45, 7) is 2.11. The lowest BCUT2D eigenvalue weighted by molar-refractivity contribution is -0.141. The fourth-order valence-corrected chi connectivity index (χ4v) is 4.22. The first-order valence-corrected chi connectivity index (χ1v) is 8.65. The maximum absolute atomic E-state index is 12.2. The fourth-order valence-electron chi connectivity index (χ4n) is 2.99. The number of nitrogens with zero attached hydrogens (tertiary/aromatic N) is 3. The number of amides is 4. The van der Waals surface area contributed by atoms with Crippen molar-refractivity contribution in [3.63, 3.8) is 0 Å². The average molecular weight is 360 g/mol. The number of nitrogens with one attached hydrogen (secondary N) is 1. The summed E-state index contributed by atoms with van der Waals surface area (Å²) in [5, 5.41) is 12.5. The zero-order valence-electron chi connectivity index (χ0n) is 13.6. The van der Waals surface area contributed by atoms with E-state index in [4.69, 9.17) is 0 Å². The van der Waals surface area contributed by atoms with Gasteiger partial charge < -0.3 is 10.2 Å². The summed E-state index contributed by atoms with van der Waals surface area (Å²) in [7, 11) is 0. The third-order valence-corrected chi connectivity index (χ3v) is 5.46. The normalized spacial score (nSPS) is 16.6. The van der Waals surface area contributed by atoms with Gasteiger partial charge in [0.25, 0.3) is 0 Å². The van der Waals surface area contributed by atoms with Gasteiger partial charge in [-0.15, -0.1) is 11.3 Å². The van der Waals surface area contributed by atoms with Gasteiger partial charge in [0, 0.05) is 31.2 Å². The zero-order chi connectivity index (χ0) is 18.1. The summed E-state index contributed by atoms with van der Waals surface area (Å²) >= 11 is 1.26. The van der Waals surface area contributed by atoms with Gasteiger partial charge in [0.15, 0.2) is 0 Å². The van der Waals surface area contributed by atoms with Crippen LogP contribution < -0.4 is 5.32 Å². The monoisotopic (exact) mass is 360 g/mol. The molecular formula is C16H16N4O4S. The predicted octanol–water partition coefficient (Wildman–Crippen LogP) is 0.612. The number of nitriles is 1. The number of anilines is 1. The Balaban J connectivity index is 1.76. The van der Waals surface area contributed by atoms with Gasteiger partial charge in [-0.2, -0.15) is 5.26 Å². The van der Waals surface area contributed by atoms with E-state index in [2.05, 4.69) is 11.4 Å². The predicted molar refractivity (Wildman–Crippen MR) is 88.4 cm³/mol. The van der Waals surface area contributed by atoms with E-state index in [1.54, 1.807) is 4.90 Å². The summed E-state index contributed by atoms with van der Waals surface area (Å²) in [5.74, 6) is -1.26. The lowest BCUT2D eigenvalue weighted by atomic mass is 10.0. The minimum atomic E-state index is -0.512. The van der Waals surface area contributed by atoms with Gasteiger partial charge in [0.2, 0.25) is 23.6 Å². The molecule has 3 heterocycles. The minimum Gasteiger partial charge on any atom is -0.337 e. The van der Waals surface area contributed by atoms with Crippen LogP contribution in [-0.4, -0.2) is 46.5 Å². The first kappa shape index (κ1) is 17.1. The van der Waals surface area contributed by atoms with E-state index in [1.807, 2.05) is 0 Å². The second kappa shape index (κ2) is 6.64. The Morgan fingerprint density at radius 1 is 1.24 bits per heavy atom. The summed E-state index contributed by atoms with van der Waals surface area (Å²) in [5.41, 5.74) is 1.25. The highest BCUT2D eigenvalue weighted by Gasteiger charge is 2.31. The van der Waals surface area contributed by atoms with Gasteiger partial charge in [0.05, 0.1) is 12.1 Å². The Morgan fingerprint density at radius 2 is 1.92 bits per heavy atom. The van der Waals surface area contributed by atoms with Crippen molar-refractivity contribution in [2.75, 3.05) is 18.4 Å². The first-order valence-electron chi connectivity index (χ1n) is 7.84. The van der Waals surface area contributed by atoms with E-state index >= 15 is 0 Å². The van der Waals surface area contributed by atoms with E-state index in [0.29, 0.717) is 30.1 Å². The van der Waals surface area contributed by atoms with E-state index in [1.165, 1.54) is 18.3 Å². The van der Waals surface area contributed by atoms with Crippen LogP contribution in [0.25, 0.3) is 0 Å². The molecule has 1 fully saturated rings. The second-order valence-electron chi connectivity index (χ2n) is 5.93. The molecule has 2 aliphatic heterocycles. The third-order valence-electron chi connectivity index (χ3n) is 4.32. The van der Waals surface area contributed by atoms with Gasteiger partial charge in [0.1, 0.15) is 17.6 Å². The van der Waals surface area contributed by atoms with Crippen molar-refractivity contribution in [3.05, 3.63) is 16.0 Å². The van der Waals surface area contributed by atoms with Crippen LogP contribution in [0.5, 0.6) is 0 Å². The van der Waals surface area contributed by atoms with Crippen LogP contribution in [0.15, 0.2) is 0 Å². The molecule has 8 nitrogen and oxygen atoms in total. The molecule has 130 valence electrons. The number of thiophene rings is 1. The summed E-state index contributed by atoms with van der Waals surface area (Å²) in [6, 6.07) is 2.11. The molecule has 0 saturated carbocycles. The van der Waals surface area contributed by atoms with Crippen molar-refractivity contribution in [1.29, 1.82) is 5.26 Å². The molecule has 4 amide bonds. The Bertz CT molecular complexity index is 807. The Kier molecular flexibility index (Phi) is 4.55. The van der Waals surface area contributed by atoms with Crippen LogP contribution in [0.3, 0.4) is 0 Å². The van der Waals surface area contributed by atoms with Crippen molar-refractivity contribution in [2.24, 2.45) is 0 Å². The lowest BCUT2D eigenvalue weighted by Gasteiger charge is -2.25. The van der Waals surface area contributed by atoms with Crippen LogP contribution in [0.2, 0.25) is 0 Å². The molecule has 2 aliphatic rings. The molecule has 1 saturated heterocycles. The fraction of sp³-hybridized carbons (Fsp3) is 0.438. The van der Waals surface area contributed by atoms with Crippen LogP contribution in [0, 0.1) is 11.3 Å². The summed E-state index contributed by atoms with van der Waals surface area (Å²) < 4.78 is 0. The van der Waals surface area contributed by atoms with Crippen molar-refractivity contribution in [3.8, 4) is 6.07 Å². The molecule has 1 aromatic rings. The van der Waals surface area contributed by atoms with E-state index in [-0.39, 0.29) is 37.1 Å². The number of carbonyl (C=O) groups is 4. The van der Waals surface area contributed by atoms with E-state index in [9.17, 15) is 24.4 Å². The van der Waals surface area contributed by atoms with E-state index in [0.717, 1.165) is 15.3 Å². The summed E-state index contributed by atoms with van der Waals surface area (Å²) in [4.78, 5) is 50.4. The largest absolute Gasteiger partial charge is 0.337 e. The number of hydrogen-bond donors (Lipinski definition) is 1.